The van der Waals surface area contributed by atoms with Crippen molar-refractivity contribution in [3.8, 4) is 0 Å². The number of rotatable bonds is 2. The highest BCUT2D eigenvalue weighted by Gasteiger charge is 2.04. The molecule has 1 aromatic carbocycles. The summed E-state index contributed by atoms with van der Waals surface area (Å²) in [7, 11) is 1.24. The summed E-state index contributed by atoms with van der Waals surface area (Å²) >= 11 is 5.55. The van der Waals surface area contributed by atoms with Crippen LogP contribution in [0.4, 0.5) is 9.18 Å². The molecule has 0 saturated heterocycles. The van der Waals surface area contributed by atoms with E-state index in [2.05, 4.69) is 10.1 Å². The van der Waals surface area contributed by atoms with Crippen molar-refractivity contribution < 1.29 is 13.9 Å². The molecule has 0 radical (unpaired) electrons. The van der Waals surface area contributed by atoms with Crippen LogP contribution in [-0.4, -0.2) is 13.2 Å². The largest absolute Gasteiger partial charge is 0.453 e. The van der Waals surface area contributed by atoms with Gasteiger partial charge in [0.05, 0.1) is 7.11 Å². The Balaban J connectivity index is 2.63. The van der Waals surface area contributed by atoms with E-state index in [1.807, 2.05) is 0 Å². The maximum Gasteiger partial charge on any atom is 0.407 e. The Labute approximate surface area is 85.8 Å². The second-order valence-electron chi connectivity index (χ2n) is 2.58. The third-order valence-electron chi connectivity index (χ3n) is 1.62. The molecule has 0 unspecified atom stereocenters. The Bertz CT molecular complexity index is 344. The van der Waals surface area contributed by atoms with E-state index in [0.717, 1.165) is 0 Å². The summed E-state index contributed by atoms with van der Waals surface area (Å²) in [4.78, 5) is 10.7. The van der Waals surface area contributed by atoms with Crippen molar-refractivity contribution in [3.63, 3.8) is 0 Å². The fourth-order valence-electron chi connectivity index (χ4n) is 0.905. The zero-order chi connectivity index (χ0) is 10.6. The van der Waals surface area contributed by atoms with E-state index in [0.29, 0.717) is 10.6 Å². The highest BCUT2D eigenvalue weighted by Crippen LogP contribution is 2.14. The first-order valence-electron chi connectivity index (χ1n) is 3.89. The van der Waals surface area contributed by atoms with E-state index < -0.39 is 11.9 Å². The van der Waals surface area contributed by atoms with Crippen LogP contribution in [0.3, 0.4) is 0 Å². The van der Waals surface area contributed by atoms with Crippen molar-refractivity contribution in [3.05, 3.63) is 34.6 Å². The van der Waals surface area contributed by atoms with Crippen molar-refractivity contribution in [1.29, 1.82) is 0 Å². The van der Waals surface area contributed by atoms with E-state index in [1.54, 1.807) is 6.07 Å². The Kier molecular flexibility index (Phi) is 3.71. The molecule has 0 aliphatic heterocycles. The monoisotopic (exact) mass is 217 g/mol. The summed E-state index contributed by atoms with van der Waals surface area (Å²) in [5.41, 5.74) is 0.361. The van der Waals surface area contributed by atoms with Gasteiger partial charge in [-0.3, -0.25) is 0 Å². The molecule has 1 aromatic rings. The minimum absolute atomic E-state index is 0.0790. The second-order valence-corrected chi connectivity index (χ2v) is 3.02. The molecule has 0 spiro atoms. The van der Waals surface area contributed by atoms with Crippen LogP contribution in [-0.2, 0) is 11.3 Å². The van der Waals surface area contributed by atoms with Crippen LogP contribution < -0.4 is 5.32 Å². The minimum Gasteiger partial charge on any atom is -0.453 e. The summed E-state index contributed by atoms with van der Waals surface area (Å²) in [5.74, 6) is -0.450. The number of nitrogens with one attached hydrogen (secondary N) is 1. The highest BCUT2D eigenvalue weighted by molar-refractivity contribution is 6.30. The number of ether oxygens (including phenoxy) is 1. The molecule has 5 heteroatoms. The number of hydrogen-bond acceptors (Lipinski definition) is 2. The zero-order valence-electron chi connectivity index (χ0n) is 7.51. The molecule has 0 atom stereocenters. The molecule has 0 heterocycles. The van der Waals surface area contributed by atoms with Crippen LogP contribution in [0.25, 0.3) is 0 Å². The quantitative estimate of drug-likeness (QED) is 0.826. The molecular weight excluding hydrogens is 209 g/mol. The third-order valence-corrected chi connectivity index (χ3v) is 1.86. The molecule has 0 aromatic heterocycles. The molecule has 0 aliphatic rings. The topological polar surface area (TPSA) is 38.3 Å². The Morgan fingerprint density at radius 1 is 1.64 bits per heavy atom. The van der Waals surface area contributed by atoms with Crippen molar-refractivity contribution in [1.82, 2.24) is 5.32 Å². The van der Waals surface area contributed by atoms with Crippen LogP contribution in [0, 0.1) is 5.82 Å². The van der Waals surface area contributed by atoms with Gasteiger partial charge < -0.3 is 10.1 Å². The fourth-order valence-corrected chi connectivity index (χ4v) is 1.06. The van der Waals surface area contributed by atoms with Gasteiger partial charge >= 0.3 is 6.09 Å². The summed E-state index contributed by atoms with van der Waals surface area (Å²) in [6, 6.07) is 4.25. The molecule has 3 nitrogen and oxygen atoms in total. The van der Waals surface area contributed by atoms with Gasteiger partial charge in [0, 0.05) is 17.1 Å². The predicted molar refractivity (Wildman–Crippen MR) is 50.7 cm³/mol. The number of amides is 1. The molecular formula is C9H9ClFNO2. The van der Waals surface area contributed by atoms with Gasteiger partial charge in [0.1, 0.15) is 5.82 Å². The van der Waals surface area contributed by atoms with Crippen LogP contribution >= 0.6 is 11.6 Å². The average Bonchev–Trinajstić information content (AvgIpc) is 2.16. The van der Waals surface area contributed by atoms with Gasteiger partial charge in [0.15, 0.2) is 0 Å². The van der Waals surface area contributed by atoms with Crippen LogP contribution in [0.5, 0.6) is 0 Å². The maximum absolute atomic E-state index is 13.1. The van der Waals surface area contributed by atoms with E-state index >= 15 is 0 Å². The van der Waals surface area contributed by atoms with Crippen molar-refractivity contribution in [2.75, 3.05) is 7.11 Å². The van der Waals surface area contributed by atoms with Gasteiger partial charge in [-0.1, -0.05) is 17.7 Å². The SMILES string of the molecule is COC(=O)NCc1ccc(Cl)cc1F. The minimum atomic E-state index is -0.598. The first-order chi connectivity index (χ1) is 6.63. The number of methoxy groups -OCH3 is 1. The van der Waals surface area contributed by atoms with E-state index in [-0.39, 0.29) is 6.54 Å². The second kappa shape index (κ2) is 4.81. The summed E-state index contributed by atoms with van der Waals surface area (Å²) in [5, 5.41) is 2.69. The average molecular weight is 218 g/mol. The molecule has 14 heavy (non-hydrogen) atoms. The number of alkyl carbamates (subject to hydrolysis) is 1. The Morgan fingerprint density at radius 3 is 2.93 bits per heavy atom. The van der Waals surface area contributed by atoms with Gasteiger partial charge in [0.25, 0.3) is 0 Å². The Morgan fingerprint density at radius 2 is 2.36 bits per heavy atom. The lowest BCUT2D eigenvalue weighted by molar-refractivity contribution is 0.170. The normalized spacial score (nSPS) is 9.64. The van der Waals surface area contributed by atoms with Gasteiger partial charge in [0.2, 0.25) is 0 Å². The molecule has 1 N–H and O–H groups in total. The Hall–Kier alpha value is -1.29. The van der Waals surface area contributed by atoms with Crippen molar-refractivity contribution >= 4 is 17.7 Å². The molecule has 0 aliphatic carbocycles. The van der Waals surface area contributed by atoms with E-state index in [1.165, 1.54) is 19.2 Å². The molecule has 1 amide bonds. The van der Waals surface area contributed by atoms with Crippen LogP contribution in [0.2, 0.25) is 5.02 Å². The predicted octanol–water partition coefficient (Wildman–Crippen LogP) is 2.34. The van der Waals surface area contributed by atoms with Crippen molar-refractivity contribution in [2.24, 2.45) is 0 Å². The standard InChI is InChI=1S/C9H9ClFNO2/c1-14-9(13)12-5-6-2-3-7(10)4-8(6)11/h2-4H,5H2,1H3,(H,12,13). The van der Waals surface area contributed by atoms with Gasteiger partial charge in [-0.15, -0.1) is 0 Å². The fraction of sp³-hybridized carbons (Fsp3) is 0.222. The molecule has 0 bridgehead atoms. The molecule has 76 valence electrons. The summed E-state index contributed by atoms with van der Waals surface area (Å²) in [6.45, 7) is 0.0790. The third kappa shape index (κ3) is 2.88. The lowest BCUT2D eigenvalue weighted by Crippen LogP contribution is -2.22. The maximum atomic E-state index is 13.1. The van der Waals surface area contributed by atoms with Gasteiger partial charge in [-0.25, -0.2) is 9.18 Å². The first kappa shape index (κ1) is 10.8. The van der Waals surface area contributed by atoms with Crippen LogP contribution in [0.15, 0.2) is 18.2 Å². The zero-order valence-corrected chi connectivity index (χ0v) is 8.27. The first-order valence-corrected chi connectivity index (χ1v) is 4.27. The molecule has 0 fully saturated rings. The smallest absolute Gasteiger partial charge is 0.407 e. The number of carbonyl (C=O) groups is 1. The van der Waals surface area contributed by atoms with Gasteiger partial charge in [-0.2, -0.15) is 0 Å². The molecule has 0 saturated carbocycles. The van der Waals surface area contributed by atoms with Crippen molar-refractivity contribution in [2.45, 2.75) is 6.54 Å². The highest BCUT2D eigenvalue weighted by atomic mass is 35.5. The van der Waals surface area contributed by atoms with Crippen LogP contribution in [0.1, 0.15) is 5.56 Å². The summed E-state index contributed by atoms with van der Waals surface area (Å²) < 4.78 is 17.5. The number of halogens is 2. The lowest BCUT2D eigenvalue weighted by Gasteiger charge is -2.04. The van der Waals surface area contributed by atoms with E-state index in [4.69, 9.17) is 11.6 Å². The van der Waals surface area contributed by atoms with Gasteiger partial charge in [-0.05, 0) is 12.1 Å². The summed E-state index contributed by atoms with van der Waals surface area (Å²) in [6.07, 6.45) is -0.598. The molecule has 1 rings (SSSR count). The number of benzene rings is 1. The number of carbonyl (C=O) groups excluding carboxylic acids is 1. The number of hydrogen-bond donors (Lipinski definition) is 1. The van der Waals surface area contributed by atoms with E-state index in [9.17, 15) is 9.18 Å². The lowest BCUT2D eigenvalue weighted by atomic mass is 10.2.